The van der Waals surface area contributed by atoms with Crippen LogP contribution < -0.4 is 5.32 Å². The van der Waals surface area contributed by atoms with E-state index in [0.717, 1.165) is 17.3 Å². The van der Waals surface area contributed by atoms with Gasteiger partial charge in [0.05, 0.1) is 16.5 Å². The van der Waals surface area contributed by atoms with Crippen LogP contribution in [-0.2, 0) is 4.79 Å². The molecule has 0 saturated heterocycles. The predicted molar refractivity (Wildman–Crippen MR) is 93.3 cm³/mol. The second-order valence-electron chi connectivity index (χ2n) is 4.57. The summed E-state index contributed by atoms with van der Waals surface area (Å²) in [6.07, 6.45) is 3.27. The van der Waals surface area contributed by atoms with Crippen molar-refractivity contribution in [3.8, 4) is 11.5 Å². The lowest BCUT2D eigenvalue weighted by molar-refractivity contribution is -0.113. The summed E-state index contributed by atoms with van der Waals surface area (Å²) in [5.41, 5.74) is 1.26. The van der Waals surface area contributed by atoms with Crippen LogP contribution in [0.4, 0.5) is 5.69 Å². The van der Waals surface area contributed by atoms with Crippen molar-refractivity contribution >= 4 is 46.6 Å². The van der Waals surface area contributed by atoms with Gasteiger partial charge in [0, 0.05) is 23.0 Å². The molecule has 6 nitrogen and oxygen atoms in total. The minimum atomic E-state index is -0.243. The fourth-order valence-electron chi connectivity index (χ4n) is 1.78. The van der Waals surface area contributed by atoms with Crippen LogP contribution in [0.3, 0.4) is 0 Å². The average molecular weight is 381 g/mol. The van der Waals surface area contributed by atoms with Crippen molar-refractivity contribution in [1.29, 1.82) is 0 Å². The molecule has 0 unspecified atom stereocenters. The van der Waals surface area contributed by atoms with Gasteiger partial charge in [0.2, 0.25) is 11.8 Å². The first-order valence-electron chi connectivity index (χ1n) is 6.73. The number of pyridine rings is 1. The van der Waals surface area contributed by atoms with Gasteiger partial charge in [-0.2, -0.15) is 0 Å². The molecule has 1 amide bonds. The molecule has 0 aliphatic heterocycles. The molecule has 2 heterocycles. The second-order valence-corrected chi connectivity index (χ2v) is 6.34. The molecule has 0 radical (unpaired) electrons. The van der Waals surface area contributed by atoms with E-state index in [-0.39, 0.29) is 11.7 Å². The highest BCUT2D eigenvalue weighted by molar-refractivity contribution is 7.99. The minimum absolute atomic E-state index is 0.108. The normalized spacial score (nSPS) is 10.6. The number of hydrogen-bond acceptors (Lipinski definition) is 6. The van der Waals surface area contributed by atoms with Gasteiger partial charge < -0.3 is 9.73 Å². The van der Waals surface area contributed by atoms with E-state index < -0.39 is 0 Å². The number of nitrogens with one attached hydrogen (secondary N) is 1. The molecular weight excluding hydrogens is 371 g/mol. The maximum atomic E-state index is 12.0. The van der Waals surface area contributed by atoms with Crippen molar-refractivity contribution in [2.45, 2.75) is 5.22 Å². The van der Waals surface area contributed by atoms with Crippen molar-refractivity contribution in [2.24, 2.45) is 0 Å². The molecule has 24 heavy (non-hydrogen) atoms. The van der Waals surface area contributed by atoms with E-state index in [4.69, 9.17) is 27.6 Å². The summed E-state index contributed by atoms with van der Waals surface area (Å²) in [6.45, 7) is 0. The monoisotopic (exact) mass is 380 g/mol. The molecule has 9 heteroatoms. The molecular formula is C15H10Cl2N4O2S. The number of amides is 1. The molecule has 0 saturated carbocycles. The highest BCUT2D eigenvalue weighted by Gasteiger charge is 2.12. The van der Waals surface area contributed by atoms with Crippen molar-refractivity contribution < 1.29 is 9.21 Å². The van der Waals surface area contributed by atoms with Gasteiger partial charge in [0.1, 0.15) is 0 Å². The van der Waals surface area contributed by atoms with Gasteiger partial charge >= 0.3 is 0 Å². The number of nitrogens with zero attached hydrogens (tertiary/aromatic N) is 3. The SMILES string of the molecule is O=C(CSc1nnc(-c2ccncc2)o1)Nc1ccc(Cl)cc1Cl. The number of halogens is 2. The zero-order chi connectivity index (χ0) is 16.9. The molecule has 3 aromatic rings. The average Bonchev–Trinajstić information content (AvgIpc) is 3.05. The molecule has 122 valence electrons. The van der Waals surface area contributed by atoms with E-state index in [1.165, 1.54) is 0 Å². The van der Waals surface area contributed by atoms with Crippen molar-refractivity contribution in [1.82, 2.24) is 15.2 Å². The minimum Gasteiger partial charge on any atom is -0.411 e. The molecule has 3 rings (SSSR count). The van der Waals surface area contributed by atoms with Gasteiger partial charge in [-0.25, -0.2) is 0 Å². The van der Waals surface area contributed by atoms with Crippen LogP contribution in [-0.4, -0.2) is 26.8 Å². The van der Waals surface area contributed by atoms with E-state index >= 15 is 0 Å². The molecule has 2 aromatic heterocycles. The van der Waals surface area contributed by atoms with Crippen LogP contribution in [0.25, 0.3) is 11.5 Å². The Bertz CT molecular complexity index is 858. The van der Waals surface area contributed by atoms with Crippen LogP contribution in [0.2, 0.25) is 10.0 Å². The first kappa shape index (κ1) is 16.8. The number of rotatable bonds is 5. The Morgan fingerprint density at radius 2 is 1.96 bits per heavy atom. The number of carbonyl (C=O) groups excluding carboxylic acids is 1. The number of anilines is 1. The number of aromatic nitrogens is 3. The summed E-state index contributed by atoms with van der Waals surface area (Å²) in [7, 11) is 0. The summed E-state index contributed by atoms with van der Waals surface area (Å²) in [5, 5.41) is 11.7. The fraction of sp³-hybridized carbons (Fsp3) is 0.0667. The molecule has 0 atom stereocenters. The Kier molecular flexibility index (Phi) is 5.34. The van der Waals surface area contributed by atoms with E-state index in [1.807, 2.05) is 0 Å². The van der Waals surface area contributed by atoms with Crippen molar-refractivity contribution in [2.75, 3.05) is 11.1 Å². The summed E-state index contributed by atoms with van der Waals surface area (Å²) >= 11 is 13.0. The van der Waals surface area contributed by atoms with Gasteiger partial charge in [-0.3, -0.25) is 9.78 Å². The number of benzene rings is 1. The third-order valence-corrected chi connectivity index (χ3v) is 4.23. The van der Waals surface area contributed by atoms with Gasteiger partial charge in [0.15, 0.2) is 0 Å². The first-order valence-corrected chi connectivity index (χ1v) is 8.47. The molecule has 0 spiro atoms. The Morgan fingerprint density at radius 1 is 1.17 bits per heavy atom. The predicted octanol–water partition coefficient (Wildman–Crippen LogP) is 4.17. The Morgan fingerprint density at radius 3 is 2.71 bits per heavy atom. The highest BCUT2D eigenvalue weighted by Crippen LogP contribution is 2.26. The van der Waals surface area contributed by atoms with Crippen LogP contribution >= 0.6 is 35.0 Å². The van der Waals surface area contributed by atoms with E-state index in [2.05, 4.69) is 20.5 Å². The molecule has 0 bridgehead atoms. The summed E-state index contributed by atoms with van der Waals surface area (Å²) < 4.78 is 5.50. The first-order chi connectivity index (χ1) is 11.6. The summed E-state index contributed by atoms with van der Waals surface area (Å²) in [4.78, 5) is 15.9. The van der Waals surface area contributed by atoms with E-state index in [9.17, 15) is 4.79 Å². The quantitative estimate of drug-likeness (QED) is 0.668. The lowest BCUT2D eigenvalue weighted by atomic mass is 10.3. The molecule has 1 N–H and O–H groups in total. The van der Waals surface area contributed by atoms with Crippen LogP contribution in [0.5, 0.6) is 0 Å². The Balaban J connectivity index is 1.58. The molecule has 0 aliphatic carbocycles. The lowest BCUT2D eigenvalue weighted by Crippen LogP contribution is -2.14. The summed E-state index contributed by atoms with van der Waals surface area (Å²) in [6, 6.07) is 8.37. The van der Waals surface area contributed by atoms with Gasteiger partial charge in [-0.05, 0) is 30.3 Å². The zero-order valence-corrected chi connectivity index (χ0v) is 14.4. The Labute approximate surface area is 151 Å². The summed E-state index contributed by atoms with van der Waals surface area (Å²) in [5.74, 6) is 0.241. The number of hydrogen-bond donors (Lipinski definition) is 1. The second kappa shape index (κ2) is 7.65. The standard InChI is InChI=1S/C15H10Cl2N4O2S/c16-10-1-2-12(11(17)7-10)19-13(22)8-24-15-21-20-14(23-15)9-3-5-18-6-4-9/h1-7H,8H2,(H,19,22). The van der Waals surface area contributed by atoms with Crippen LogP contribution in [0.1, 0.15) is 0 Å². The molecule has 0 aliphatic rings. The molecule has 1 aromatic carbocycles. The third-order valence-electron chi connectivity index (χ3n) is 2.87. The zero-order valence-electron chi connectivity index (χ0n) is 12.1. The Hall–Kier alpha value is -2.09. The van der Waals surface area contributed by atoms with E-state index in [0.29, 0.717) is 26.8 Å². The maximum Gasteiger partial charge on any atom is 0.277 e. The van der Waals surface area contributed by atoms with Gasteiger partial charge in [0.25, 0.3) is 5.22 Å². The van der Waals surface area contributed by atoms with Gasteiger partial charge in [-0.1, -0.05) is 35.0 Å². The van der Waals surface area contributed by atoms with Crippen LogP contribution in [0.15, 0.2) is 52.4 Å². The van der Waals surface area contributed by atoms with Gasteiger partial charge in [-0.15, -0.1) is 10.2 Å². The smallest absolute Gasteiger partial charge is 0.277 e. The maximum absolute atomic E-state index is 12.0. The van der Waals surface area contributed by atoms with Crippen molar-refractivity contribution in [3.63, 3.8) is 0 Å². The largest absolute Gasteiger partial charge is 0.411 e. The molecule has 0 fully saturated rings. The number of carbonyl (C=O) groups is 1. The number of thioether (sulfide) groups is 1. The fourth-order valence-corrected chi connectivity index (χ4v) is 2.80. The topological polar surface area (TPSA) is 80.9 Å². The highest BCUT2D eigenvalue weighted by atomic mass is 35.5. The van der Waals surface area contributed by atoms with Crippen LogP contribution in [0, 0.1) is 0 Å². The van der Waals surface area contributed by atoms with E-state index in [1.54, 1.807) is 42.7 Å². The third kappa shape index (κ3) is 4.25. The van der Waals surface area contributed by atoms with Crippen molar-refractivity contribution in [3.05, 3.63) is 52.8 Å². The lowest BCUT2D eigenvalue weighted by Gasteiger charge is -2.06.